The molecule has 0 aliphatic carbocycles. The van der Waals surface area contributed by atoms with E-state index in [1.807, 2.05) is 6.92 Å². The molecule has 1 heterocycles. The first kappa shape index (κ1) is 8.99. The maximum absolute atomic E-state index is 11.1. The minimum atomic E-state index is -0.565. The SMILES string of the molecule is COCC(C)C1OC(N)=NC1=O. The maximum Gasteiger partial charge on any atom is 0.291 e. The van der Waals surface area contributed by atoms with Crippen molar-refractivity contribution in [3.63, 3.8) is 0 Å². The van der Waals surface area contributed by atoms with Crippen LogP contribution in [0.4, 0.5) is 0 Å². The van der Waals surface area contributed by atoms with E-state index in [2.05, 4.69) is 4.99 Å². The minimum absolute atomic E-state index is 0.0210. The van der Waals surface area contributed by atoms with Crippen LogP contribution in [0.2, 0.25) is 0 Å². The van der Waals surface area contributed by atoms with Crippen molar-refractivity contribution >= 4 is 11.9 Å². The normalized spacial score (nSPS) is 25.0. The van der Waals surface area contributed by atoms with Crippen molar-refractivity contribution in [1.82, 2.24) is 0 Å². The van der Waals surface area contributed by atoms with Gasteiger partial charge in [0.2, 0.25) is 0 Å². The number of aliphatic imine (C=N–C) groups is 1. The van der Waals surface area contributed by atoms with E-state index in [0.29, 0.717) is 6.61 Å². The number of nitrogens with zero attached hydrogens (tertiary/aromatic N) is 1. The van der Waals surface area contributed by atoms with Crippen molar-refractivity contribution in [2.24, 2.45) is 16.6 Å². The molecule has 0 bridgehead atoms. The molecule has 12 heavy (non-hydrogen) atoms. The molecule has 0 aromatic rings. The molecule has 2 unspecified atom stereocenters. The number of methoxy groups -OCH3 is 1. The number of rotatable bonds is 3. The summed E-state index contributed by atoms with van der Waals surface area (Å²) >= 11 is 0. The Bertz CT molecular complexity index is 215. The van der Waals surface area contributed by atoms with Crippen LogP contribution in [0.1, 0.15) is 6.92 Å². The highest BCUT2D eigenvalue weighted by Crippen LogP contribution is 2.14. The summed E-state index contributed by atoms with van der Waals surface area (Å²) in [5.74, 6) is -0.343. The Kier molecular flexibility index (Phi) is 2.65. The van der Waals surface area contributed by atoms with Gasteiger partial charge in [-0.15, -0.1) is 0 Å². The van der Waals surface area contributed by atoms with E-state index >= 15 is 0 Å². The monoisotopic (exact) mass is 172 g/mol. The zero-order valence-electron chi connectivity index (χ0n) is 7.11. The third kappa shape index (κ3) is 1.73. The largest absolute Gasteiger partial charge is 0.451 e. The van der Waals surface area contributed by atoms with E-state index in [4.69, 9.17) is 15.2 Å². The summed E-state index contributed by atoms with van der Waals surface area (Å²) in [5, 5.41) is 0. The zero-order valence-corrected chi connectivity index (χ0v) is 7.11. The molecule has 5 heteroatoms. The van der Waals surface area contributed by atoms with Gasteiger partial charge >= 0.3 is 0 Å². The van der Waals surface area contributed by atoms with Crippen LogP contribution < -0.4 is 5.73 Å². The quantitative estimate of drug-likeness (QED) is 0.623. The third-order valence-corrected chi connectivity index (χ3v) is 1.66. The molecule has 0 fully saturated rings. The molecule has 2 N–H and O–H groups in total. The number of carbonyl (C=O) groups is 1. The van der Waals surface area contributed by atoms with E-state index in [9.17, 15) is 4.79 Å². The summed E-state index contributed by atoms with van der Waals surface area (Å²) in [7, 11) is 1.57. The lowest BCUT2D eigenvalue weighted by atomic mass is 10.1. The number of nitrogens with two attached hydrogens (primary N) is 1. The van der Waals surface area contributed by atoms with Gasteiger partial charge in [0.25, 0.3) is 11.9 Å². The summed E-state index contributed by atoms with van der Waals surface area (Å²) in [4.78, 5) is 14.5. The predicted molar refractivity (Wildman–Crippen MR) is 42.5 cm³/mol. The molecule has 68 valence electrons. The highest BCUT2D eigenvalue weighted by Gasteiger charge is 2.32. The number of carbonyl (C=O) groups excluding carboxylic acids is 1. The molecule has 1 rings (SSSR count). The smallest absolute Gasteiger partial charge is 0.291 e. The van der Waals surface area contributed by atoms with Gasteiger partial charge in [-0.2, -0.15) is 4.99 Å². The van der Waals surface area contributed by atoms with Gasteiger partial charge in [0, 0.05) is 13.0 Å². The number of ether oxygens (including phenoxy) is 2. The molecule has 5 nitrogen and oxygen atoms in total. The van der Waals surface area contributed by atoms with Crippen LogP contribution in [0.15, 0.2) is 4.99 Å². The standard InChI is InChI=1S/C7H12N2O3/c1-4(3-11-2)5-6(10)9-7(8)12-5/h4-5H,3H2,1-2H3,(H2,8,9,10). The van der Waals surface area contributed by atoms with Crippen molar-refractivity contribution < 1.29 is 14.3 Å². The summed E-state index contributed by atoms with van der Waals surface area (Å²) in [5.41, 5.74) is 5.22. The predicted octanol–water partition coefficient (Wildman–Crippen LogP) is -0.491. The molecule has 0 saturated heterocycles. The fraction of sp³-hybridized carbons (Fsp3) is 0.714. The fourth-order valence-electron chi connectivity index (χ4n) is 1.09. The first-order valence-corrected chi connectivity index (χ1v) is 3.68. The number of amides is 1. The van der Waals surface area contributed by atoms with Crippen LogP contribution in [0.5, 0.6) is 0 Å². The number of amidine groups is 1. The van der Waals surface area contributed by atoms with Crippen LogP contribution >= 0.6 is 0 Å². The highest BCUT2D eigenvalue weighted by molar-refractivity contribution is 5.97. The van der Waals surface area contributed by atoms with Gasteiger partial charge in [0.15, 0.2) is 6.10 Å². The summed E-state index contributed by atoms with van der Waals surface area (Å²) < 4.78 is 9.86. The van der Waals surface area contributed by atoms with Gasteiger partial charge in [0.1, 0.15) is 0 Å². The molecule has 1 aliphatic rings. The van der Waals surface area contributed by atoms with E-state index in [-0.39, 0.29) is 17.8 Å². The molecular weight excluding hydrogens is 160 g/mol. The van der Waals surface area contributed by atoms with Crippen molar-refractivity contribution in [3.05, 3.63) is 0 Å². The van der Waals surface area contributed by atoms with Crippen molar-refractivity contribution in [3.8, 4) is 0 Å². The van der Waals surface area contributed by atoms with Gasteiger partial charge in [-0.3, -0.25) is 4.79 Å². The average Bonchev–Trinajstić information content (AvgIpc) is 2.30. The first-order valence-electron chi connectivity index (χ1n) is 3.68. The lowest BCUT2D eigenvalue weighted by molar-refractivity contribution is -0.125. The van der Waals surface area contributed by atoms with Crippen molar-refractivity contribution in [1.29, 1.82) is 0 Å². The summed E-state index contributed by atoms with van der Waals surface area (Å²) in [6.45, 7) is 2.30. The topological polar surface area (TPSA) is 73.9 Å². The summed E-state index contributed by atoms with van der Waals surface area (Å²) in [6.07, 6.45) is -0.565. The van der Waals surface area contributed by atoms with Gasteiger partial charge in [0.05, 0.1) is 6.61 Å². The molecule has 0 aromatic carbocycles. The molecule has 0 radical (unpaired) electrons. The average molecular weight is 172 g/mol. The van der Waals surface area contributed by atoms with Crippen LogP contribution in [-0.2, 0) is 14.3 Å². The van der Waals surface area contributed by atoms with E-state index in [0.717, 1.165) is 0 Å². The lowest BCUT2D eigenvalue weighted by Crippen LogP contribution is -2.30. The second-order valence-corrected chi connectivity index (χ2v) is 2.76. The second-order valence-electron chi connectivity index (χ2n) is 2.76. The van der Waals surface area contributed by atoms with Crippen LogP contribution in [-0.4, -0.2) is 31.7 Å². The maximum atomic E-state index is 11.1. The molecule has 0 spiro atoms. The number of hydrogen-bond acceptors (Lipinski definition) is 4. The Labute approximate surface area is 70.5 Å². The lowest BCUT2D eigenvalue weighted by Gasteiger charge is -2.15. The molecular formula is C7H12N2O3. The second kappa shape index (κ2) is 3.53. The van der Waals surface area contributed by atoms with E-state index in [1.54, 1.807) is 7.11 Å². The van der Waals surface area contributed by atoms with Crippen LogP contribution in [0.25, 0.3) is 0 Å². The van der Waals surface area contributed by atoms with Crippen molar-refractivity contribution in [2.45, 2.75) is 13.0 Å². The summed E-state index contributed by atoms with van der Waals surface area (Å²) in [6, 6.07) is -0.0482. The Balaban J connectivity index is 2.51. The van der Waals surface area contributed by atoms with Gasteiger partial charge < -0.3 is 15.2 Å². The van der Waals surface area contributed by atoms with Gasteiger partial charge in [-0.25, -0.2) is 0 Å². The van der Waals surface area contributed by atoms with E-state index < -0.39 is 6.10 Å². The molecule has 1 amide bonds. The Morgan fingerprint density at radius 2 is 2.50 bits per heavy atom. The molecule has 0 saturated carbocycles. The Morgan fingerprint density at radius 1 is 1.83 bits per heavy atom. The fourth-order valence-corrected chi connectivity index (χ4v) is 1.09. The van der Waals surface area contributed by atoms with Gasteiger partial charge in [-0.05, 0) is 0 Å². The van der Waals surface area contributed by atoms with Crippen LogP contribution in [0, 0.1) is 5.92 Å². The Morgan fingerprint density at radius 3 is 2.92 bits per heavy atom. The molecule has 2 atom stereocenters. The third-order valence-electron chi connectivity index (χ3n) is 1.66. The van der Waals surface area contributed by atoms with Gasteiger partial charge in [-0.1, -0.05) is 6.92 Å². The minimum Gasteiger partial charge on any atom is -0.451 e. The zero-order chi connectivity index (χ0) is 9.14. The Hall–Kier alpha value is -1.10. The van der Waals surface area contributed by atoms with Crippen molar-refractivity contribution in [2.75, 3.05) is 13.7 Å². The molecule has 1 aliphatic heterocycles. The van der Waals surface area contributed by atoms with E-state index in [1.165, 1.54) is 0 Å². The molecule has 0 aromatic heterocycles. The first-order chi connectivity index (χ1) is 5.65. The van der Waals surface area contributed by atoms with Crippen LogP contribution in [0.3, 0.4) is 0 Å². The highest BCUT2D eigenvalue weighted by atomic mass is 16.5. The number of hydrogen-bond donors (Lipinski definition) is 1.